The van der Waals surface area contributed by atoms with Crippen LogP contribution in [0.1, 0.15) is 42.5 Å². The van der Waals surface area contributed by atoms with E-state index in [1.54, 1.807) is 47.2 Å². The van der Waals surface area contributed by atoms with E-state index in [-0.39, 0.29) is 11.5 Å². The molecule has 1 aliphatic heterocycles. The second-order valence-corrected chi connectivity index (χ2v) is 12.9. The second-order valence-electron chi connectivity index (χ2n) is 11.5. The normalized spacial score (nSPS) is 18.2. The first kappa shape index (κ1) is 33.2. The van der Waals surface area contributed by atoms with Crippen molar-refractivity contribution < 1.29 is 28.4 Å². The van der Waals surface area contributed by atoms with Crippen LogP contribution >= 0.6 is 22.9 Å². The zero-order valence-electron chi connectivity index (χ0n) is 27.9. The molecule has 0 bridgehead atoms. The lowest BCUT2D eigenvalue weighted by molar-refractivity contribution is 0.323. The topological polar surface area (TPSA) is 89.7 Å². The Bertz CT molecular complexity index is 2060. The molecule has 9 nitrogen and oxygen atoms in total. The highest BCUT2D eigenvalue weighted by molar-refractivity contribution is 7.07. The fourth-order valence-corrected chi connectivity index (χ4v) is 7.58. The van der Waals surface area contributed by atoms with E-state index in [0.29, 0.717) is 48.9 Å². The largest absolute Gasteiger partial charge is 0.493 e. The monoisotopic (exact) mass is 688 g/mol. The predicted octanol–water partition coefficient (Wildman–Crippen LogP) is 6.43. The van der Waals surface area contributed by atoms with Crippen molar-refractivity contribution in [2.75, 3.05) is 42.7 Å². The Morgan fingerprint density at radius 3 is 1.90 bits per heavy atom. The van der Waals surface area contributed by atoms with E-state index in [0.717, 1.165) is 46.4 Å². The number of rotatable bonds is 9. The molecule has 0 N–H and O–H groups in total. The average Bonchev–Trinajstić information content (AvgIpc) is 3.42. The van der Waals surface area contributed by atoms with E-state index in [2.05, 4.69) is 13.0 Å². The molecule has 0 radical (unpaired) electrons. The summed E-state index contributed by atoms with van der Waals surface area (Å²) in [7, 11) is 9.54. The first-order valence-electron chi connectivity index (χ1n) is 15.4. The minimum absolute atomic E-state index is 0.119. The molecule has 2 heterocycles. The summed E-state index contributed by atoms with van der Waals surface area (Å²) in [6.07, 6.45) is 5.65. The van der Waals surface area contributed by atoms with Gasteiger partial charge in [-0.2, -0.15) is 0 Å². The van der Waals surface area contributed by atoms with Crippen molar-refractivity contribution in [1.29, 1.82) is 0 Å². The van der Waals surface area contributed by atoms with Crippen molar-refractivity contribution >= 4 is 35.1 Å². The summed E-state index contributed by atoms with van der Waals surface area (Å²) in [4.78, 5) is 20.2. The number of allylic oxidation sites excluding steroid dienone is 2. The quantitative estimate of drug-likeness (QED) is 0.200. The molecular weight excluding hydrogens is 652 g/mol. The summed E-state index contributed by atoms with van der Waals surface area (Å²) in [6.45, 7) is 2.19. The minimum Gasteiger partial charge on any atom is -0.493 e. The molecule has 0 amide bonds. The van der Waals surface area contributed by atoms with Crippen LogP contribution in [-0.4, -0.2) is 47.2 Å². The van der Waals surface area contributed by atoms with Gasteiger partial charge in [-0.25, -0.2) is 4.99 Å². The van der Waals surface area contributed by atoms with Crippen LogP contribution in [0.15, 0.2) is 75.2 Å². The molecule has 0 spiro atoms. The average molecular weight is 689 g/mol. The Kier molecular flexibility index (Phi) is 9.57. The van der Waals surface area contributed by atoms with E-state index in [4.69, 9.17) is 45.0 Å². The van der Waals surface area contributed by atoms with E-state index < -0.39 is 6.04 Å². The van der Waals surface area contributed by atoms with Crippen molar-refractivity contribution in [3.8, 4) is 34.5 Å². The van der Waals surface area contributed by atoms with E-state index >= 15 is 0 Å². The third-order valence-corrected chi connectivity index (χ3v) is 9.99. The molecule has 1 aliphatic carbocycles. The van der Waals surface area contributed by atoms with Gasteiger partial charge in [0.05, 0.1) is 58.9 Å². The molecule has 2 aliphatic rings. The third-order valence-electron chi connectivity index (χ3n) is 8.75. The van der Waals surface area contributed by atoms with Gasteiger partial charge in [-0.15, -0.1) is 0 Å². The van der Waals surface area contributed by atoms with Crippen LogP contribution in [0.25, 0.3) is 12.2 Å². The summed E-state index contributed by atoms with van der Waals surface area (Å²) in [6, 6.07) is 14.6. The minimum atomic E-state index is -0.476. The van der Waals surface area contributed by atoms with Gasteiger partial charge < -0.3 is 28.4 Å². The number of methoxy groups -OCH3 is 6. The van der Waals surface area contributed by atoms with E-state index in [1.165, 1.54) is 11.3 Å². The molecular formula is C37H37ClN2O7S. The van der Waals surface area contributed by atoms with Crippen molar-refractivity contribution in [2.24, 2.45) is 10.9 Å². The lowest BCUT2D eigenvalue weighted by Gasteiger charge is -2.35. The van der Waals surface area contributed by atoms with Crippen LogP contribution in [0, 0.1) is 5.92 Å². The van der Waals surface area contributed by atoms with E-state index in [1.807, 2.05) is 54.6 Å². The molecule has 4 aromatic rings. The molecule has 1 aromatic heterocycles. The lowest BCUT2D eigenvalue weighted by Crippen LogP contribution is -2.40. The van der Waals surface area contributed by atoms with Gasteiger partial charge in [0.1, 0.15) is 0 Å². The second kappa shape index (κ2) is 13.8. The highest BCUT2D eigenvalue weighted by Crippen LogP contribution is 2.48. The van der Waals surface area contributed by atoms with Gasteiger partial charge in [-0.1, -0.05) is 42.0 Å². The van der Waals surface area contributed by atoms with Gasteiger partial charge in [0.2, 0.25) is 11.5 Å². The maximum atomic E-state index is 14.3. The summed E-state index contributed by atoms with van der Waals surface area (Å²) < 4.78 is 36.3. The summed E-state index contributed by atoms with van der Waals surface area (Å²) in [5, 5.41) is 0.629. The highest BCUT2D eigenvalue weighted by Gasteiger charge is 2.37. The SMILES string of the molecule is COc1cc(/C=C2/CCC(C)C3=C2N=c2s/c(=C/c4ccc(Cl)cc4)c(=O)n2C3c2cc(OC)c(OC)c(OC)c2)cc(OC)c1OC. The van der Waals surface area contributed by atoms with Gasteiger partial charge >= 0.3 is 0 Å². The number of aromatic nitrogens is 1. The van der Waals surface area contributed by atoms with Crippen molar-refractivity contribution in [3.05, 3.63) is 107 Å². The number of benzene rings is 3. The maximum Gasteiger partial charge on any atom is 0.271 e. The van der Waals surface area contributed by atoms with Crippen molar-refractivity contribution in [1.82, 2.24) is 4.57 Å². The fraction of sp³-hybridized carbons (Fsp3) is 0.297. The Morgan fingerprint density at radius 1 is 0.792 bits per heavy atom. The first-order chi connectivity index (χ1) is 23.2. The molecule has 0 saturated carbocycles. The zero-order chi connectivity index (χ0) is 34.1. The molecule has 48 heavy (non-hydrogen) atoms. The molecule has 2 unspecified atom stereocenters. The Morgan fingerprint density at radius 2 is 1.35 bits per heavy atom. The number of ether oxygens (including phenoxy) is 6. The summed E-state index contributed by atoms with van der Waals surface area (Å²) >= 11 is 7.50. The van der Waals surface area contributed by atoms with Crippen LogP contribution in [0.4, 0.5) is 0 Å². The Labute approximate surface area is 287 Å². The third kappa shape index (κ3) is 5.95. The van der Waals surface area contributed by atoms with Gasteiger partial charge in [-0.05, 0) is 95.1 Å². The Hall–Kier alpha value is -4.67. The van der Waals surface area contributed by atoms with Gasteiger partial charge in [0.15, 0.2) is 27.8 Å². The summed E-state index contributed by atoms with van der Waals surface area (Å²) in [5.41, 5.74) is 5.39. The molecule has 11 heteroatoms. The molecule has 2 atom stereocenters. The molecule has 6 rings (SSSR count). The van der Waals surface area contributed by atoms with Crippen molar-refractivity contribution in [2.45, 2.75) is 25.8 Å². The predicted molar refractivity (Wildman–Crippen MR) is 188 cm³/mol. The Balaban J connectivity index is 1.64. The van der Waals surface area contributed by atoms with Crippen LogP contribution in [0.3, 0.4) is 0 Å². The zero-order valence-corrected chi connectivity index (χ0v) is 29.5. The molecule has 0 saturated heterocycles. The van der Waals surface area contributed by atoms with Gasteiger partial charge in [0.25, 0.3) is 5.56 Å². The number of nitrogens with zero attached hydrogens (tertiary/aromatic N) is 2. The highest BCUT2D eigenvalue weighted by atomic mass is 35.5. The molecule has 0 fully saturated rings. The first-order valence-corrected chi connectivity index (χ1v) is 16.6. The van der Waals surface area contributed by atoms with Crippen LogP contribution in [0.5, 0.6) is 34.5 Å². The number of halogens is 1. The van der Waals surface area contributed by atoms with Gasteiger partial charge in [-0.3, -0.25) is 9.36 Å². The van der Waals surface area contributed by atoms with Crippen LogP contribution < -0.4 is 43.3 Å². The standard InChI is InChI=1S/C37H37ClN2O7S/c1-20-8-11-23(14-22-15-26(42-2)34(46-6)27(16-22)43-3)32-31(20)33(24-18-28(44-4)35(47-7)29(19-24)45-5)40-36(41)30(48-37(40)39-32)17-21-9-12-25(38)13-10-21/h9-10,12-20,33H,8,11H2,1-7H3/b23-14-,30-17+. The molecule has 250 valence electrons. The number of hydrogen-bond acceptors (Lipinski definition) is 9. The maximum absolute atomic E-state index is 14.3. The van der Waals surface area contributed by atoms with Crippen molar-refractivity contribution in [3.63, 3.8) is 0 Å². The fourth-order valence-electron chi connectivity index (χ4n) is 6.45. The molecule has 3 aromatic carbocycles. The van der Waals surface area contributed by atoms with Crippen LogP contribution in [-0.2, 0) is 0 Å². The number of hydrogen-bond donors (Lipinski definition) is 0. The lowest BCUT2D eigenvalue weighted by atomic mass is 9.77. The summed E-state index contributed by atoms with van der Waals surface area (Å²) in [5.74, 6) is 3.26. The number of thiazole rings is 1. The van der Waals surface area contributed by atoms with Crippen LogP contribution in [0.2, 0.25) is 5.02 Å². The number of fused-ring (bicyclic) bond motifs is 1. The van der Waals surface area contributed by atoms with E-state index in [9.17, 15) is 4.79 Å². The smallest absolute Gasteiger partial charge is 0.271 e. The van der Waals surface area contributed by atoms with Gasteiger partial charge in [0, 0.05) is 5.02 Å².